The van der Waals surface area contributed by atoms with E-state index in [0.717, 1.165) is 10.1 Å². The zero-order valence-corrected chi connectivity index (χ0v) is 21.3. The maximum Gasteiger partial charge on any atom is 0.408 e. The molecule has 12 nitrogen and oxygen atoms in total. The zero-order chi connectivity index (χ0) is 26.0. The van der Waals surface area contributed by atoms with Gasteiger partial charge in [0.25, 0.3) is 5.56 Å². The van der Waals surface area contributed by atoms with Crippen molar-refractivity contribution in [1.29, 1.82) is 0 Å². The highest BCUT2D eigenvalue weighted by Crippen LogP contribution is 2.19. The summed E-state index contributed by atoms with van der Waals surface area (Å²) in [5.41, 5.74) is -0.163. The SMILES string of the molecule is CNC(=O)C(CN(C)c1nc2c(c(=O)n(C)c(=O)n2C)n1CC=C(C)C)NC(=O)OC(C)(C)C. The van der Waals surface area contributed by atoms with Crippen molar-refractivity contribution in [2.75, 3.05) is 25.5 Å². The van der Waals surface area contributed by atoms with Crippen LogP contribution >= 0.6 is 0 Å². The molecule has 0 saturated carbocycles. The smallest absolute Gasteiger partial charge is 0.408 e. The van der Waals surface area contributed by atoms with Crippen molar-refractivity contribution in [3.05, 3.63) is 32.5 Å². The van der Waals surface area contributed by atoms with Gasteiger partial charge in [-0.2, -0.15) is 4.98 Å². The minimum atomic E-state index is -0.965. The summed E-state index contributed by atoms with van der Waals surface area (Å²) < 4.78 is 9.32. The van der Waals surface area contributed by atoms with E-state index in [-0.39, 0.29) is 17.7 Å². The van der Waals surface area contributed by atoms with Gasteiger partial charge in [-0.05, 0) is 34.6 Å². The lowest BCUT2D eigenvalue weighted by molar-refractivity contribution is -0.122. The van der Waals surface area contributed by atoms with Gasteiger partial charge in [0, 0.05) is 41.3 Å². The van der Waals surface area contributed by atoms with E-state index in [4.69, 9.17) is 4.74 Å². The second-order valence-corrected chi connectivity index (χ2v) is 9.38. The van der Waals surface area contributed by atoms with Crippen molar-refractivity contribution in [2.45, 2.75) is 52.8 Å². The Kier molecular flexibility index (Phi) is 7.96. The van der Waals surface area contributed by atoms with E-state index in [0.29, 0.717) is 12.5 Å². The second kappa shape index (κ2) is 10.1. The number of carbonyl (C=O) groups excluding carboxylic acids is 2. The Morgan fingerprint density at radius 2 is 1.79 bits per heavy atom. The first-order chi connectivity index (χ1) is 15.7. The summed E-state index contributed by atoms with van der Waals surface area (Å²) in [6.07, 6.45) is 1.20. The lowest BCUT2D eigenvalue weighted by atomic mass is 10.2. The van der Waals surface area contributed by atoms with Crippen LogP contribution in [0.15, 0.2) is 21.2 Å². The summed E-state index contributed by atoms with van der Waals surface area (Å²) in [6.45, 7) is 9.41. The molecule has 1 atom stereocenters. The molecule has 188 valence electrons. The highest BCUT2D eigenvalue weighted by molar-refractivity contribution is 5.86. The molecule has 2 amide bonds. The summed E-state index contributed by atoms with van der Waals surface area (Å²) in [5.74, 6) is -0.0568. The van der Waals surface area contributed by atoms with Gasteiger partial charge in [-0.15, -0.1) is 0 Å². The van der Waals surface area contributed by atoms with Crippen LogP contribution in [-0.2, 0) is 30.2 Å². The van der Waals surface area contributed by atoms with Crippen molar-refractivity contribution < 1.29 is 14.3 Å². The highest BCUT2D eigenvalue weighted by atomic mass is 16.6. The van der Waals surface area contributed by atoms with E-state index < -0.39 is 34.9 Å². The molecular weight excluding hydrogens is 442 g/mol. The largest absolute Gasteiger partial charge is 0.444 e. The van der Waals surface area contributed by atoms with Gasteiger partial charge in [0.15, 0.2) is 11.2 Å². The Bertz CT molecular complexity index is 1230. The Hall–Kier alpha value is -3.57. The molecule has 2 aromatic rings. The first-order valence-corrected chi connectivity index (χ1v) is 10.9. The summed E-state index contributed by atoms with van der Waals surface area (Å²) in [5, 5.41) is 5.12. The van der Waals surface area contributed by atoms with Crippen molar-refractivity contribution in [1.82, 2.24) is 29.3 Å². The molecule has 0 aliphatic rings. The number of carbonyl (C=O) groups is 2. The number of ether oxygens (including phenoxy) is 1. The van der Waals surface area contributed by atoms with Gasteiger partial charge in [-0.1, -0.05) is 11.6 Å². The number of allylic oxidation sites excluding steroid dienone is 2. The number of amides is 2. The molecule has 0 radical (unpaired) electrons. The molecule has 12 heteroatoms. The third-order valence-corrected chi connectivity index (χ3v) is 5.06. The van der Waals surface area contributed by atoms with E-state index in [1.807, 2.05) is 19.9 Å². The predicted molar refractivity (Wildman–Crippen MR) is 130 cm³/mol. The number of fused-ring (bicyclic) bond motifs is 1. The third-order valence-electron chi connectivity index (χ3n) is 5.06. The van der Waals surface area contributed by atoms with Gasteiger partial charge in [0.2, 0.25) is 11.9 Å². The molecule has 0 aliphatic heterocycles. The molecule has 0 spiro atoms. The first-order valence-electron chi connectivity index (χ1n) is 10.9. The molecule has 2 aromatic heterocycles. The van der Waals surface area contributed by atoms with Crippen molar-refractivity contribution >= 4 is 29.1 Å². The number of imidazole rings is 1. The van der Waals surface area contributed by atoms with Gasteiger partial charge in [0.1, 0.15) is 11.6 Å². The van der Waals surface area contributed by atoms with Crippen molar-refractivity contribution in [3.8, 4) is 0 Å². The van der Waals surface area contributed by atoms with Gasteiger partial charge in [-0.25, -0.2) is 9.59 Å². The molecule has 34 heavy (non-hydrogen) atoms. The average Bonchev–Trinajstić information content (AvgIpc) is 3.12. The number of hydrogen-bond acceptors (Lipinski definition) is 7. The fraction of sp³-hybridized carbons (Fsp3) is 0.591. The first kappa shape index (κ1) is 26.7. The molecule has 1 unspecified atom stereocenters. The number of likely N-dealkylation sites (N-methyl/N-ethyl adjacent to an activating group) is 2. The van der Waals surface area contributed by atoms with Crippen molar-refractivity contribution in [2.24, 2.45) is 14.1 Å². The second-order valence-electron chi connectivity index (χ2n) is 9.38. The summed E-state index contributed by atoms with van der Waals surface area (Å²) >= 11 is 0. The molecule has 0 bridgehead atoms. The molecule has 0 aliphatic carbocycles. The molecule has 0 aromatic carbocycles. The molecule has 2 rings (SSSR count). The van der Waals surface area contributed by atoms with Crippen LogP contribution in [-0.4, -0.2) is 63.0 Å². The van der Waals surface area contributed by atoms with Crippen LogP contribution in [0.1, 0.15) is 34.6 Å². The van der Waals surface area contributed by atoms with E-state index in [1.54, 1.807) is 44.3 Å². The maximum absolute atomic E-state index is 13.0. The lowest BCUT2D eigenvalue weighted by Gasteiger charge is -2.26. The molecular formula is C22H35N7O5. The minimum Gasteiger partial charge on any atom is -0.444 e. The molecule has 2 heterocycles. The van der Waals surface area contributed by atoms with E-state index in [1.165, 1.54) is 18.7 Å². The highest BCUT2D eigenvalue weighted by Gasteiger charge is 2.27. The standard InChI is InChI=1S/C22H35N7O5/c1-13(2)10-11-29-15-16(27(8)21(33)28(9)18(15)31)25-19(29)26(7)12-14(17(30)23-6)24-20(32)34-22(3,4)5/h10,14H,11-12H2,1-9H3,(H,23,30)(H,24,32). The number of alkyl carbamates (subject to hydrolysis) is 1. The number of nitrogens with zero attached hydrogens (tertiary/aromatic N) is 5. The monoisotopic (exact) mass is 477 g/mol. The Balaban J connectivity index is 2.56. The minimum absolute atomic E-state index is 0.0331. The number of rotatable bonds is 7. The van der Waals surface area contributed by atoms with Gasteiger partial charge >= 0.3 is 11.8 Å². The average molecular weight is 478 g/mol. The van der Waals surface area contributed by atoms with Crippen LogP contribution in [0.2, 0.25) is 0 Å². The summed E-state index contributed by atoms with van der Waals surface area (Å²) in [4.78, 5) is 56.4. The zero-order valence-electron chi connectivity index (χ0n) is 21.3. The normalized spacial score (nSPS) is 12.3. The Morgan fingerprint density at radius 3 is 2.32 bits per heavy atom. The summed E-state index contributed by atoms with van der Waals surface area (Å²) in [7, 11) is 6.12. The number of anilines is 1. The molecule has 2 N–H and O–H groups in total. The van der Waals surface area contributed by atoms with Crippen LogP contribution in [0.25, 0.3) is 11.2 Å². The van der Waals surface area contributed by atoms with Crippen LogP contribution in [0.3, 0.4) is 0 Å². The van der Waals surface area contributed by atoms with Crippen LogP contribution in [0.4, 0.5) is 10.7 Å². The predicted octanol–water partition coefficient (Wildman–Crippen LogP) is 0.475. The van der Waals surface area contributed by atoms with Crippen molar-refractivity contribution in [3.63, 3.8) is 0 Å². The molecule has 0 fully saturated rings. The van der Waals surface area contributed by atoms with Crippen LogP contribution in [0.5, 0.6) is 0 Å². The van der Waals surface area contributed by atoms with Gasteiger partial charge < -0.3 is 24.8 Å². The molecule has 0 saturated heterocycles. The maximum atomic E-state index is 13.0. The quantitative estimate of drug-likeness (QED) is 0.554. The summed E-state index contributed by atoms with van der Waals surface area (Å²) in [6, 6.07) is -0.965. The van der Waals surface area contributed by atoms with E-state index in [2.05, 4.69) is 15.6 Å². The lowest BCUT2D eigenvalue weighted by Crippen LogP contribution is -2.52. The fourth-order valence-electron chi connectivity index (χ4n) is 3.35. The van der Waals surface area contributed by atoms with Crippen LogP contribution < -0.4 is 26.8 Å². The fourth-order valence-corrected chi connectivity index (χ4v) is 3.35. The number of hydrogen-bond donors (Lipinski definition) is 2. The number of aromatic nitrogens is 4. The Morgan fingerprint density at radius 1 is 1.18 bits per heavy atom. The topological polar surface area (TPSA) is 132 Å². The number of nitrogens with one attached hydrogen (secondary N) is 2. The Labute approximate surface area is 198 Å². The van der Waals surface area contributed by atoms with Gasteiger partial charge in [-0.3, -0.25) is 18.7 Å². The van der Waals surface area contributed by atoms with E-state index >= 15 is 0 Å². The van der Waals surface area contributed by atoms with Crippen LogP contribution in [0, 0.1) is 0 Å². The third kappa shape index (κ3) is 5.86. The van der Waals surface area contributed by atoms with E-state index in [9.17, 15) is 19.2 Å². The number of aryl methyl sites for hydroxylation is 1. The van der Waals surface area contributed by atoms with Gasteiger partial charge in [0.05, 0.1) is 0 Å².